The van der Waals surface area contributed by atoms with E-state index < -0.39 is 5.97 Å². The molecule has 0 saturated carbocycles. The Balaban J connectivity index is 0.00000196. The Labute approximate surface area is 95.9 Å². The first kappa shape index (κ1) is 13.9. The third kappa shape index (κ3) is 6.91. The summed E-state index contributed by atoms with van der Waals surface area (Å²) in [5, 5.41) is 8.42. The van der Waals surface area contributed by atoms with E-state index in [9.17, 15) is 4.79 Å². The third-order valence-electron chi connectivity index (χ3n) is 2.11. The van der Waals surface area contributed by atoms with Crippen LogP contribution in [0.4, 0.5) is 0 Å². The minimum absolute atomic E-state index is 0. The second-order valence-corrected chi connectivity index (χ2v) is 3.31. The minimum Gasteiger partial charge on any atom is -0.481 e. The summed E-state index contributed by atoms with van der Waals surface area (Å²) in [5.74, 6) is -0.700. The molecule has 0 spiro atoms. The molecule has 0 unspecified atom stereocenters. The number of carboxylic acid groups (broad SMARTS) is 1. The van der Waals surface area contributed by atoms with Crippen molar-refractivity contribution < 1.29 is 9.90 Å². The van der Waals surface area contributed by atoms with Gasteiger partial charge in [-0.25, -0.2) is 0 Å². The molecule has 0 radical (unpaired) electrons. The summed E-state index contributed by atoms with van der Waals surface area (Å²) in [6.07, 6.45) is 7.68. The number of carbonyl (C=O) groups is 1. The molecule has 0 fully saturated rings. The van der Waals surface area contributed by atoms with Crippen LogP contribution in [0, 0.1) is 0 Å². The lowest BCUT2D eigenvalue weighted by atomic mass is 10.1. The lowest BCUT2D eigenvalue weighted by Crippen LogP contribution is -1.94. The number of nitrogens with zero attached hydrogens (tertiary/aromatic N) is 1. The minimum atomic E-state index is -0.700. The highest BCUT2D eigenvalue weighted by Crippen LogP contribution is 2.06. The summed E-state index contributed by atoms with van der Waals surface area (Å²) in [7, 11) is 0. The average Bonchev–Trinajstić information content (AvgIpc) is 2.18. The van der Waals surface area contributed by atoms with Crippen molar-refractivity contribution in [2.75, 3.05) is 0 Å². The van der Waals surface area contributed by atoms with Crippen LogP contribution < -0.4 is 0 Å². The van der Waals surface area contributed by atoms with Gasteiger partial charge in [0.2, 0.25) is 0 Å². The molecular weight excluding hydrogens is 214 g/mol. The molecule has 0 aliphatic carbocycles. The average molecular weight is 230 g/mol. The van der Waals surface area contributed by atoms with Crippen LogP contribution in [0.3, 0.4) is 0 Å². The number of unbranched alkanes of at least 4 members (excludes halogenated alkanes) is 2. The van der Waals surface area contributed by atoms with E-state index in [4.69, 9.17) is 5.11 Å². The van der Waals surface area contributed by atoms with Crippen LogP contribution in [0.1, 0.15) is 31.2 Å². The fourth-order valence-electron chi connectivity index (χ4n) is 1.33. The van der Waals surface area contributed by atoms with E-state index in [2.05, 4.69) is 4.98 Å². The summed E-state index contributed by atoms with van der Waals surface area (Å²) >= 11 is 0. The van der Waals surface area contributed by atoms with Gasteiger partial charge in [-0.3, -0.25) is 9.78 Å². The Hall–Kier alpha value is -1.09. The van der Waals surface area contributed by atoms with E-state index in [0.29, 0.717) is 0 Å². The lowest BCUT2D eigenvalue weighted by Gasteiger charge is -1.99. The molecule has 0 aromatic carbocycles. The number of pyridine rings is 1. The fourth-order valence-corrected chi connectivity index (χ4v) is 1.33. The highest BCUT2D eigenvalue weighted by atomic mass is 35.5. The number of rotatable bonds is 6. The maximum absolute atomic E-state index is 10.2. The van der Waals surface area contributed by atoms with E-state index in [1.54, 1.807) is 12.4 Å². The number of aromatic nitrogens is 1. The molecule has 84 valence electrons. The Bertz CT molecular complexity index is 277. The summed E-state index contributed by atoms with van der Waals surface area (Å²) in [5.41, 5.74) is 1.27. The molecule has 0 amide bonds. The van der Waals surface area contributed by atoms with Gasteiger partial charge in [0, 0.05) is 18.8 Å². The molecule has 3 nitrogen and oxygen atoms in total. The van der Waals surface area contributed by atoms with Crippen molar-refractivity contribution in [2.45, 2.75) is 32.1 Å². The van der Waals surface area contributed by atoms with Gasteiger partial charge in [-0.15, -0.1) is 12.4 Å². The predicted octanol–water partition coefficient (Wildman–Crippen LogP) is 2.69. The summed E-state index contributed by atoms with van der Waals surface area (Å²) in [6, 6.07) is 3.99. The molecule has 1 heterocycles. The second kappa shape index (κ2) is 8.24. The van der Waals surface area contributed by atoms with Crippen molar-refractivity contribution in [3.05, 3.63) is 30.1 Å². The van der Waals surface area contributed by atoms with Gasteiger partial charge in [-0.1, -0.05) is 6.42 Å². The topological polar surface area (TPSA) is 50.2 Å². The maximum Gasteiger partial charge on any atom is 0.303 e. The van der Waals surface area contributed by atoms with Gasteiger partial charge in [-0.05, 0) is 37.0 Å². The predicted molar refractivity (Wildman–Crippen MR) is 61.3 cm³/mol. The molecule has 15 heavy (non-hydrogen) atoms. The number of aryl methyl sites for hydroxylation is 1. The quantitative estimate of drug-likeness (QED) is 0.763. The second-order valence-electron chi connectivity index (χ2n) is 3.31. The first-order valence-electron chi connectivity index (χ1n) is 4.90. The third-order valence-corrected chi connectivity index (χ3v) is 2.11. The number of hydrogen-bond acceptors (Lipinski definition) is 2. The van der Waals surface area contributed by atoms with Gasteiger partial charge in [-0.2, -0.15) is 0 Å². The van der Waals surface area contributed by atoms with Crippen LogP contribution in [0.2, 0.25) is 0 Å². The highest BCUT2D eigenvalue weighted by Gasteiger charge is 1.96. The van der Waals surface area contributed by atoms with Crippen LogP contribution in [0.5, 0.6) is 0 Å². The van der Waals surface area contributed by atoms with Crippen molar-refractivity contribution in [2.24, 2.45) is 0 Å². The van der Waals surface area contributed by atoms with Gasteiger partial charge < -0.3 is 5.11 Å². The van der Waals surface area contributed by atoms with E-state index in [1.807, 2.05) is 12.1 Å². The molecule has 0 bridgehead atoms. The number of aliphatic carboxylic acids is 1. The summed E-state index contributed by atoms with van der Waals surface area (Å²) in [4.78, 5) is 14.2. The molecular formula is C11H16ClNO2. The first-order chi connectivity index (χ1) is 6.79. The van der Waals surface area contributed by atoms with E-state index >= 15 is 0 Å². The van der Waals surface area contributed by atoms with E-state index in [0.717, 1.165) is 25.7 Å². The van der Waals surface area contributed by atoms with Crippen molar-refractivity contribution in [1.82, 2.24) is 4.98 Å². The largest absolute Gasteiger partial charge is 0.481 e. The molecule has 1 N–H and O–H groups in total. The van der Waals surface area contributed by atoms with E-state index in [1.165, 1.54) is 5.56 Å². The van der Waals surface area contributed by atoms with Crippen LogP contribution >= 0.6 is 12.4 Å². The fraction of sp³-hybridized carbons (Fsp3) is 0.455. The SMILES string of the molecule is Cl.O=C(O)CCCCCc1ccncc1. The Morgan fingerprint density at radius 3 is 2.47 bits per heavy atom. The molecule has 1 aromatic rings. The zero-order chi connectivity index (χ0) is 10.2. The molecule has 4 heteroatoms. The van der Waals surface area contributed by atoms with Crippen molar-refractivity contribution in [3.8, 4) is 0 Å². The van der Waals surface area contributed by atoms with Crippen LogP contribution in [-0.2, 0) is 11.2 Å². The molecule has 1 rings (SSSR count). The number of hydrogen-bond donors (Lipinski definition) is 1. The summed E-state index contributed by atoms with van der Waals surface area (Å²) < 4.78 is 0. The molecule has 1 aromatic heterocycles. The zero-order valence-corrected chi connectivity index (χ0v) is 9.37. The smallest absolute Gasteiger partial charge is 0.303 e. The first-order valence-corrected chi connectivity index (χ1v) is 4.90. The molecule has 0 aliphatic rings. The van der Waals surface area contributed by atoms with Crippen molar-refractivity contribution in [3.63, 3.8) is 0 Å². The van der Waals surface area contributed by atoms with Crippen LogP contribution in [0.25, 0.3) is 0 Å². The van der Waals surface area contributed by atoms with Gasteiger partial charge in [0.25, 0.3) is 0 Å². The van der Waals surface area contributed by atoms with Crippen LogP contribution in [0.15, 0.2) is 24.5 Å². The highest BCUT2D eigenvalue weighted by molar-refractivity contribution is 5.85. The molecule has 0 atom stereocenters. The summed E-state index contributed by atoms with van der Waals surface area (Å²) in [6.45, 7) is 0. The monoisotopic (exact) mass is 229 g/mol. The maximum atomic E-state index is 10.2. The Kier molecular flexibility index (Phi) is 7.64. The normalized spacial score (nSPS) is 9.33. The lowest BCUT2D eigenvalue weighted by molar-refractivity contribution is -0.137. The van der Waals surface area contributed by atoms with Gasteiger partial charge in [0.05, 0.1) is 0 Å². The standard InChI is InChI=1S/C11H15NO2.ClH/c13-11(14)5-3-1-2-4-10-6-8-12-9-7-10;/h6-9H,1-5H2,(H,13,14);1H. The van der Waals surface area contributed by atoms with E-state index in [-0.39, 0.29) is 18.8 Å². The van der Waals surface area contributed by atoms with Gasteiger partial charge in [0.15, 0.2) is 0 Å². The van der Waals surface area contributed by atoms with Crippen molar-refractivity contribution >= 4 is 18.4 Å². The van der Waals surface area contributed by atoms with Gasteiger partial charge >= 0.3 is 5.97 Å². The number of halogens is 1. The van der Waals surface area contributed by atoms with Gasteiger partial charge in [0.1, 0.15) is 0 Å². The number of carboxylic acids is 1. The van der Waals surface area contributed by atoms with Crippen LogP contribution in [-0.4, -0.2) is 16.1 Å². The van der Waals surface area contributed by atoms with Crippen molar-refractivity contribution in [1.29, 1.82) is 0 Å². The Morgan fingerprint density at radius 2 is 1.87 bits per heavy atom. The zero-order valence-electron chi connectivity index (χ0n) is 8.56. The molecule has 0 aliphatic heterocycles. The Morgan fingerprint density at radius 1 is 1.20 bits per heavy atom. The molecule has 0 saturated heterocycles.